The van der Waals surface area contributed by atoms with E-state index >= 15 is 0 Å². The van der Waals surface area contributed by atoms with E-state index in [1.807, 2.05) is 43.7 Å². The van der Waals surface area contributed by atoms with Crippen LogP contribution < -0.4 is 4.74 Å². The molecule has 0 saturated heterocycles. The van der Waals surface area contributed by atoms with Crippen LogP contribution in [0.1, 0.15) is 32.8 Å². The average Bonchev–Trinajstić information content (AvgIpc) is 3.04. The van der Waals surface area contributed by atoms with Crippen molar-refractivity contribution in [1.82, 2.24) is 4.57 Å². The fourth-order valence-electron chi connectivity index (χ4n) is 2.51. The van der Waals surface area contributed by atoms with Crippen LogP contribution in [0.15, 0.2) is 42.6 Å². The van der Waals surface area contributed by atoms with Gasteiger partial charge in [-0.2, -0.15) is 5.26 Å². The minimum Gasteiger partial charge on any atom is -0.508 e. The van der Waals surface area contributed by atoms with Crippen LogP contribution in [-0.4, -0.2) is 16.3 Å². The Morgan fingerprint density at radius 3 is 2.64 bits per heavy atom. The number of nitriles is 1. The van der Waals surface area contributed by atoms with E-state index in [-0.39, 0.29) is 5.75 Å². The Bertz CT molecular complexity index is 910. The van der Waals surface area contributed by atoms with Gasteiger partial charge >= 0.3 is 0 Å². The number of benzene rings is 2. The summed E-state index contributed by atoms with van der Waals surface area (Å²) >= 11 is 6.31. The molecule has 0 spiro atoms. The summed E-state index contributed by atoms with van der Waals surface area (Å²) < 4.78 is 7.51. The lowest BCUT2D eigenvalue weighted by atomic mass is 10.2. The van der Waals surface area contributed by atoms with Gasteiger partial charge in [-0.3, -0.25) is 0 Å². The van der Waals surface area contributed by atoms with E-state index in [9.17, 15) is 10.4 Å². The molecule has 5 heteroatoms. The normalized spacial score (nSPS) is 10.0. The van der Waals surface area contributed by atoms with Crippen molar-refractivity contribution >= 4 is 22.5 Å². The van der Waals surface area contributed by atoms with Gasteiger partial charge in [0.1, 0.15) is 11.8 Å². The van der Waals surface area contributed by atoms with E-state index in [0.717, 1.165) is 23.0 Å². The van der Waals surface area contributed by atoms with Crippen LogP contribution in [0.2, 0.25) is 5.02 Å². The smallest absolute Gasteiger partial charge is 0.155 e. The molecule has 3 aromatic rings. The topological polar surface area (TPSA) is 58.2 Å². The van der Waals surface area contributed by atoms with Gasteiger partial charge in [0, 0.05) is 17.3 Å². The third kappa shape index (κ3) is 3.89. The molecule has 130 valence electrons. The predicted molar refractivity (Wildman–Crippen MR) is 102 cm³/mol. The molecule has 0 fully saturated rings. The average molecular weight is 357 g/mol. The second kappa shape index (κ2) is 8.46. The second-order valence-electron chi connectivity index (χ2n) is 5.19. The Morgan fingerprint density at radius 1 is 1.20 bits per heavy atom. The van der Waals surface area contributed by atoms with Gasteiger partial charge in [0.05, 0.1) is 22.7 Å². The van der Waals surface area contributed by atoms with Gasteiger partial charge in [-0.15, -0.1) is 0 Å². The Balaban J connectivity index is 0.00000109. The zero-order valence-electron chi connectivity index (χ0n) is 14.6. The number of aromatic nitrogens is 1. The molecule has 0 atom stereocenters. The maximum absolute atomic E-state index is 9.57. The Morgan fingerprint density at radius 2 is 1.96 bits per heavy atom. The molecule has 1 aromatic heterocycles. The zero-order chi connectivity index (χ0) is 18.4. The summed E-state index contributed by atoms with van der Waals surface area (Å²) in [5.41, 5.74) is 2.10. The predicted octanol–water partition coefficient (Wildman–Crippen LogP) is 5.68. The summed E-state index contributed by atoms with van der Waals surface area (Å²) in [6.45, 7) is 6.51. The van der Waals surface area contributed by atoms with Crippen molar-refractivity contribution in [2.24, 2.45) is 0 Å². The molecule has 1 N–H and O–H groups in total. The van der Waals surface area contributed by atoms with Gasteiger partial charge in [0.2, 0.25) is 0 Å². The first-order chi connectivity index (χ1) is 12.1. The van der Waals surface area contributed by atoms with Crippen LogP contribution in [0.5, 0.6) is 11.5 Å². The third-order valence-corrected chi connectivity index (χ3v) is 3.83. The van der Waals surface area contributed by atoms with Crippen molar-refractivity contribution in [3.63, 3.8) is 0 Å². The standard InChI is InChI=1S/C18H15ClN2O2.C2H6/c1-2-7-23-18-13(11-20)8-14(10-16(18)19)21-6-5-12-9-15(22)3-4-17(12)21;1-2/h3-6,8-10,22H,2,7H2,1H3;1-2H3. The Labute approximate surface area is 152 Å². The number of rotatable bonds is 4. The maximum atomic E-state index is 9.57. The van der Waals surface area contributed by atoms with Crippen LogP contribution >= 0.6 is 11.6 Å². The van der Waals surface area contributed by atoms with Crippen LogP contribution in [0.4, 0.5) is 0 Å². The highest BCUT2D eigenvalue weighted by Crippen LogP contribution is 2.33. The number of hydrogen-bond donors (Lipinski definition) is 1. The van der Waals surface area contributed by atoms with Crippen LogP contribution in [-0.2, 0) is 0 Å². The number of halogens is 1. The molecule has 0 aliphatic heterocycles. The van der Waals surface area contributed by atoms with Crippen molar-refractivity contribution in [3.8, 4) is 23.3 Å². The molecule has 0 radical (unpaired) electrons. The largest absolute Gasteiger partial charge is 0.508 e. The van der Waals surface area contributed by atoms with Crippen LogP contribution in [0, 0.1) is 11.3 Å². The fraction of sp³-hybridized carbons (Fsp3) is 0.250. The summed E-state index contributed by atoms with van der Waals surface area (Å²) in [6, 6.07) is 12.7. The molecule has 0 amide bonds. The molecule has 3 rings (SSSR count). The minimum absolute atomic E-state index is 0.217. The van der Waals surface area contributed by atoms with Gasteiger partial charge in [-0.1, -0.05) is 32.4 Å². The summed E-state index contributed by atoms with van der Waals surface area (Å²) in [6.07, 6.45) is 2.72. The highest BCUT2D eigenvalue weighted by molar-refractivity contribution is 6.32. The Kier molecular flexibility index (Phi) is 6.32. The maximum Gasteiger partial charge on any atom is 0.155 e. The lowest BCUT2D eigenvalue weighted by Crippen LogP contribution is -2.00. The van der Waals surface area contributed by atoms with E-state index in [1.54, 1.807) is 24.3 Å². The summed E-state index contributed by atoms with van der Waals surface area (Å²) in [7, 11) is 0. The third-order valence-electron chi connectivity index (χ3n) is 3.55. The number of phenolic OH excluding ortho intramolecular Hbond substituents is 1. The number of nitrogens with zero attached hydrogens (tertiary/aromatic N) is 2. The highest BCUT2D eigenvalue weighted by atomic mass is 35.5. The number of aromatic hydroxyl groups is 1. The van der Waals surface area contributed by atoms with Crippen molar-refractivity contribution < 1.29 is 9.84 Å². The van der Waals surface area contributed by atoms with Crippen molar-refractivity contribution in [3.05, 3.63) is 53.2 Å². The van der Waals surface area contributed by atoms with E-state index in [0.29, 0.717) is 22.9 Å². The molecule has 4 nitrogen and oxygen atoms in total. The van der Waals surface area contributed by atoms with Gasteiger partial charge in [-0.05, 0) is 42.8 Å². The minimum atomic E-state index is 0.217. The van der Waals surface area contributed by atoms with E-state index in [1.165, 1.54) is 0 Å². The van der Waals surface area contributed by atoms with Crippen molar-refractivity contribution in [2.45, 2.75) is 27.2 Å². The first-order valence-electron chi connectivity index (χ1n) is 8.31. The molecule has 2 aromatic carbocycles. The number of fused-ring (bicyclic) bond motifs is 1. The van der Waals surface area contributed by atoms with Crippen LogP contribution in [0.25, 0.3) is 16.6 Å². The first kappa shape index (κ1) is 18.7. The van der Waals surface area contributed by atoms with Crippen molar-refractivity contribution in [2.75, 3.05) is 6.61 Å². The molecule has 0 saturated carbocycles. The number of hydrogen-bond acceptors (Lipinski definition) is 3. The molecule has 0 aliphatic rings. The quantitative estimate of drug-likeness (QED) is 0.654. The highest BCUT2D eigenvalue weighted by Gasteiger charge is 2.13. The molecular weight excluding hydrogens is 336 g/mol. The number of ether oxygens (including phenoxy) is 1. The SMILES string of the molecule is CC.CCCOc1c(Cl)cc(-n2ccc3cc(O)ccc32)cc1C#N. The Hall–Kier alpha value is -2.64. The molecule has 0 unspecified atom stereocenters. The zero-order valence-corrected chi connectivity index (χ0v) is 15.3. The van der Waals surface area contributed by atoms with E-state index in [2.05, 4.69) is 6.07 Å². The van der Waals surface area contributed by atoms with Gasteiger partial charge in [-0.25, -0.2) is 0 Å². The molecular formula is C20H21ClN2O2. The molecule has 1 heterocycles. The molecule has 25 heavy (non-hydrogen) atoms. The van der Waals surface area contributed by atoms with Gasteiger partial charge in [0.15, 0.2) is 5.75 Å². The lowest BCUT2D eigenvalue weighted by molar-refractivity contribution is 0.316. The monoisotopic (exact) mass is 356 g/mol. The summed E-state index contributed by atoms with van der Waals surface area (Å²) in [5, 5.41) is 20.3. The fourth-order valence-corrected chi connectivity index (χ4v) is 2.78. The van der Waals surface area contributed by atoms with Gasteiger partial charge in [0.25, 0.3) is 0 Å². The lowest BCUT2D eigenvalue weighted by Gasteiger charge is -2.12. The summed E-state index contributed by atoms with van der Waals surface area (Å²) in [4.78, 5) is 0. The van der Waals surface area contributed by atoms with E-state index in [4.69, 9.17) is 16.3 Å². The number of phenols is 1. The molecule has 0 aliphatic carbocycles. The van der Waals surface area contributed by atoms with Crippen molar-refractivity contribution in [1.29, 1.82) is 5.26 Å². The molecule has 0 bridgehead atoms. The van der Waals surface area contributed by atoms with Crippen LogP contribution in [0.3, 0.4) is 0 Å². The van der Waals surface area contributed by atoms with E-state index < -0.39 is 0 Å². The first-order valence-corrected chi connectivity index (χ1v) is 8.68. The van der Waals surface area contributed by atoms with Gasteiger partial charge < -0.3 is 14.4 Å². The second-order valence-corrected chi connectivity index (χ2v) is 5.60. The summed E-state index contributed by atoms with van der Waals surface area (Å²) in [5.74, 6) is 0.642.